The molecule has 0 saturated carbocycles. The van der Waals surface area contributed by atoms with E-state index in [-0.39, 0.29) is 0 Å². The zero-order valence-corrected chi connectivity index (χ0v) is 31.7. The first kappa shape index (κ1) is 32.1. The number of anilines is 3. The molecular formula is C54H34N2S. The molecule has 3 heterocycles. The van der Waals surface area contributed by atoms with Crippen molar-refractivity contribution in [1.82, 2.24) is 4.40 Å². The van der Waals surface area contributed by atoms with Crippen LogP contribution in [0.4, 0.5) is 17.1 Å². The van der Waals surface area contributed by atoms with Gasteiger partial charge < -0.3 is 9.30 Å². The average molecular weight is 743 g/mol. The zero-order chi connectivity index (χ0) is 37.5. The minimum atomic E-state index is 1.11. The number of aromatic nitrogens is 1. The van der Waals surface area contributed by atoms with Gasteiger partial charge in [-0.05, 0) is 94.0 Å². The van der Waals surface area contributed by atoms with Gasteiger partial charge >= 0.3 is 0 Å². The third-order valence-corrected chi connectivity index (χ3v) is 12.9. The van der Waals surface area contributed by atoms with E-state index >= 15 is 0 Å². The Kier molecular flexibility index (Phi) is 7.13. The zero-order valence-electron chi connectivity index (χ0n) is 30.9. The van der Waals surface area contributed by atoms with E-state index in [1.165, 1.54) is 91.6 Å². The van der Waals surface area contributed by atoms with Crippen LogP contribution in [-0.2, 0) is 0 Å². The Morgan fingerprint density at radius 3 is 1.51 bits per heavy atom. The van der Waals surface area contributed by atoms with E-state index in [0.29, 0.717) is 0 Å². The number of rotatable bonds is 6. The highest BCUT2D eigenvalue weighted by molar-refractivity contribution is 7.25. The molecular weight excluding hydrogens is 709 g/mol. The van der Waals surface area contributed by atoms with Gasteiger partial charge in [-0.3, -0.25) is 0 Å². The molecule has 0 aliphatic heterocycles. The maximum Gasteiger partial charge on any atom is 0.0626 e. The second-order valence-corrected chi connectivity index (χ2v) is 16.0. The number of nitrogens with zero attached hydrogens (tertiary/aromatic N) is 2. The monoisotopic (exact) mass is 742 g/mol. The second-order valence-electron chi connectivity index (χ2n) is 14.9. The minimum absolute atomic E-state index is 1.11. The maximum atomic E-state index is 2.46. The maximum absolute atomic E-state index is 2.46. The summed E-state index contributed by atoms with van der Waals surface area (Å²) in [5.41, 5.74) is 14.5. The minimum Gasteiger partial charge on any atom is -0.311 e. The van der Waals surface area contributed by atoms with E-state index < -0.39 is 0 Å². The lowest BCUT2D eigenvalue weighted by atomic mass is 9.97. The van der Waals surface area contributed by atoms with E-state index in [4.69, 9.17) is 0 Å². The summed E-state index contributed by atoms with van der Waals surface area (Å²) in [7, 11) is 0. The summed E-state index contributed by atoms with van der Waals surface area (Å²) >= 11 is 1.87. The van der Waals surface area contributed by atoms with Gasteiger partial charge in [-0.1, -0.05) is 146 Å². The molecule has 0 N–H and O–H groups in total. The molecule has 12 rings (SSSR count). The Balaban J connectivity index is 0.982. The summed E-state index contributed by atoms with van der Waals surface area (Å²) in [6.07, 6.45) is 0. The largest absolute Gasteiger partial charge is 0.311 e. The summed E-state index contributed by atoms with van der Waals surface area (Å²) in [6.45, 7) is 0. The molecule has 0 atom stereocenters. The van der Waals surface area contributed by atoms with E-state index in [2.05, 4.69) is 216 Å². The number of thiophene rings is 1. The highest BCUT2D eigenvalue weighted by Crippen LogP contribution is 2.45. The lowest BCUT2D eigenvalue weighted by molar-refractivity contribution is 1.28. The summed E-state index contributed by atoms with van der Waals surface area (Å²) in [5.74, 6) is 0. The van der Waals surface area contributed by atoms with Crippen molar-refractivity contribution in [3.8, 4) is 33.4 Å². The van der Waals surface area contributed by atoms with Crippen molar-refractivity contribution < 1.29 is 0 Å². The normalized spacial score (nSPS) is 11.9. The first-order valence-electron chi connectivity index (χ1n) is 19.5. The van der Waals surface area contributed by atoms with Crippen molar-refractivity contribution >= 4 is 86.7 Å². The molecule has 0 fully saturated rings. The third kappa shape index (κ3) is 4.96. The molecule has 3 heteroatoms. The van der Waals surface area contributed by atoms with Crippen LogP contribution in [-0.4, -0.2) is 4.40 Å². The number of para-hydroxylation sites is 2. The predicted octanol–water partition coefficient (Wildman–Crippen LogP) is 15.7. The molecule has 0 aliphatic carbocycles. The van der Waals surface area contributed by atoms with Crippen molar-refractivity contribution in [3.63, 3.8) is 0 Å². The standard InChI is InChI=1S/C54H34N2S/c1-2-11-35(12-3-1)36-21-27-39(28-22-36)55(40-29-23-37(24-30-40)42-16-10-20-51-52(42)47-15-6-9-19-50(47)57-51)41-31-25-38(26-32-41)43-33-34-45-44-13-4-7-17-48(44)56-49-18-8-5-14-46(49)53(43)54(45)56/h1-34H. The van der Waals surface area contributed by atoms with E-state index in [1.54, 1.807) is 0 Å². The summed E-state index contributed by atoms with van der Waals surface area (Å²) < 4.78 is 5.10. The number of fused-ring (bicyclic) bond motifs is 9. The fourth-order valence-corrected chi connectivity index (χ4v) is 10.3. The van der Waals surface area contributed by atoms with Gasteiger partial charge in [0.2, 0.25) is 0 Å². The second kappa shape index (κ2) is 12.7. The van der Waals surface area contributed by atoms with Gasteiger partial charge in [0.1, 0.15) is 0 Å². The lowest BCUT2D eigenvalue weighted by Crippen LogP contribution is -2.09. The molecule has 0 saturated heterocycles. The first-order chi connectivity index (χ1) is 28.3. The fraction of sp³-hybridized carbons (Fsp3) is 0. The van der Waals surface area contributed by atoms with Gasteiger partial charge in [0, 0.05) is 58.8 Å². The average Bonchev–Trinajstić information content (AvgIpc) is 3.95. The van der Waals surface area contributed by atoms with Crippen molar-refractivity contribution in [1.29, 1.82) is 0 Å². The van der Waals surface area contributed by atoms with E-state index in [1.807, 2.05) is 11.3 Å². The van der Waals surface area contributed by atoms with Crippen molar-refractivity contribution in [2.24, 2.45) is 0 Å². The van der Waals surface area contributed by atoms with Gasteiger partial charge in [-0.15, -0.1) is 11.3 Å². The van der Waals surface area contributed by atoms with Crippen LogP contribution in [0.5, 0.6) is 0 Å². The van der Waals surface area contributed by atoms with Crippen LogP contribution in [0.3, 0.4) is 0 Å². The summed E-state index contributed by atoms with van der Waals surface area (Å²) in [4.78, 5) is 2.37. The Hall–Kier alpha value is -7.20. The Morgan fingerprint density at radius 1 is 0.316 bits per heavy atom. The van der Waals surface area contributed by atoms with Crippen molar-refractivity contribution in [2.45, 2.75) is 0 Å². The van der Waals surface area contributed by atoms with Crippen LogP contribution in [0.25, 0.3) is 91.6 Å². The van der Waals surface area contributed by atoms with E-state index in [0.717, 1.165) is 17.1 Å². The predicted molar refractivity (Wildman–Crippen MR) is 245 cm³/mol. The van der Waals surface area contributed by atoms with Gasteiger partial charge in [0.05, 0.1) is 16.6 Å². The molecule has 9 aromatic carbocycles. The van der Waals surface area contributed by atoms with Gasteiger partial charge in [0.15, 0.2) is 0 Å². The molecule has 3 aromatic heterocycles. The highest BCUT2D eigenvalue weighted by atomic mass is 32.1. The lowest BCUT2D eigenvalue weighted by Gasteiger charge is -2.26. The van der Waals surface area contributed by atoms with Crippen LogP contribution in [0.2, 0.25) is 0 Å². The summed E-state index contributed by atoms with van der Waals surface area (Å²) in [5, 5.41) is 7.85. The molecule has 0 unspecified atom stereocenters. The van der Waals surface area contributed by atoms with Crippen LogP contribution in [0, 0.1) is 0 Å². The quantitative estimate of drug-likeness (QED) is 0.165. The molecule has 0 spiro atoms. The molecule has 266 valence electrons. The molecule has 2 nitrogen and oxygen atoms in total. The van der Waals surface area contributed by atoms with Crippen LogP contribution < -0.4 is 4.90 Å². The van der Waals surface area contributed by atoms with Crippen molar-refractivity contribution in [2.75, 3.05) is 4.90 Å². The van der Waals surface area contributed by atoms with Crippen LogP contribution in [0.15, 0.2) is 206 Å². The van der Waals surface area contributed by atoms with Crippen molar-refractivity contribution in [3.05, 3.63) is 206 Å². The fourth-order valence-electron chi connectivity index (χ4n) is 9.18. The van der Waals surface area contributed by atoms with Gasteiger partial charge in [-0.25, -0.2) is 0 Å². The van der Waals surface area contributed by atoms with Crippen LogP contribution >= 0.6 is 11.3 Å². The van der Waals surface area contributed by atoms with E-state index in [9.17, 15) is 0 Å². The topological polar surface area (TPSA) is 7.65 Å². The van der Waals surface area contributed by atoms with Gasteiger partial charge in [-0.2, -0.15) is 0 Å². The molecule has 0 bridgehead atoms. The number of benzene rings is 9. The Morgan fingerprint density at radius 2 is 0.825 bits per heavy atom. The number of hydrogen-bond acceptors (Lipinski definition) is 2. The molecule has 0 radical (unpaired) electrons. The molecule has 0 aliphatic rings. The summed E-state index contributed by atoms with van der Waals surface area (Å²) in [6, 6.07) is 75.5. The van der Waals surface area contributed by atoms with Crippen LogP contribution in [0.1, 0.15) is 0 Å². The SMILES string of the molecule is c1ccc(-c2ccc(N(c3ccc(-c4cccc5sc6ccccc6c45)cc3)c3ccc(-c4ccc5c6ccccc6n6c7ccccc7c4c56)cc3)cc2)cc1. The molecule has 12 aromatic rings. The molecule has 0 amide bonds. The smallest absolute Gasteiger partial charge is 0.0626 e. The Bertz CT molecular complexity index is 3430. The number of hydrogen-bond donors (Lipinski definition) is 0. The highest BCUT2D eigenvalue weighted by Gasteiger charge is 2.21. The Labute approximate surface area is 334 Å². The van der Waals surface area contributed by atoms with Gasteiger partial charge in [0.25, 0.3) is 0 Å². The first-order valence-corrected chi connectivity index (χ1v) is 20.3. The third-order valence-electron chi connectivity index (χ3n) is 11.8. The molecule has 57 heavy (non-hydrogen) atoms.